The minimum atomic E-state index is -0.0573. The molecule has 0 fully saturated rings. The van der Waals surface area contributed by atoms with Gasteiger partial charge in [0.25, 0.3) is 0 Å². The van der Waals surface area contributed by atoms with E-state index in [0.29, 0.717) is 18.5 Å². The molecule has 0 saturated carbocycles. The first-order valence-electron chi connectivity index (χ1n) is 6.51. The smallest absolute Gasteiger partial charge is 0.224 e. The third kappa shape index (κ3) is 4.34. The zero-order valence-electron chi connectivity index (χ0n) is 11.4. The number of nitrogens with one attached hydrogen (secondary N) is 2. The molecule has 0 aliphatic carbocycles. The third-order valence-corrected chi connectivity index (χ3v) is 2.96. The van der Waals surface area contributed by atoms with E-state index in [1.165, 1.54) is 0 Å². The number of H-pyrrole nitrogens is 1. The summed E-state index contributed by atoms with van der Waals surface area (Å²) in [6, 6.07) is 6.97. The number of oxime groups is 1. The summed E-state index contributed by atoms with van der Waals surface area (Å²) in [6.07, 6.45) is 4.38. The highest BCUT2D eigenvalue weighted by Gasteiger charge is 2.05. The maximum atomic E-state index is 11.8. The summed E-state index contributed by atoms with van der Waals surface area (Å²) < 4.78 is 0. The highest BCUT2D eigenvalue weighted by Crippen LogP contribution is 2.05. The van der Waals surface area contributed by atoms with Crippen molar-refractivity contribution < 1.29 is 10.0 Å². The van der Waals surface area contributed by atoms with Crippen LogP contribution in [0.15, 0.2) is 41.8 Å². The molecule has 7 heteroatoms. The summed E-state index contributed by atoms with van der Waals surface area (Å²) in [5.41, 5.74) is 6.94. The average molecular weight is 287 g/mol. The van der Waals surface area contributed by atoms with Gasteiger partial charge in [-0.25, -0.2) is 4.98 Å². The SMILES string of the molecule is N/C(=N/O)c1ccc(CC(=O)NCCc2ncc[nH]2)cc1. The Balaban J connectivity index is 1.79. The van der Waals surface area contributed by atoms with Gasteiger partial charge in [-0.1, -0.05) is 29.4 Å². The molecule has 2 rings (SSSR count). The summed E-state index contributed by atoms with van der Waals surface area (Å²) in [4.78, 5) is 18.8. The zero-order valence-corrected chi connectivity index (χ0v) is 11.4. The lowest BCUT2D eigenvalue weighted by Crippen LogP contribution is -2.27. The van der Waals surface area contributed by atoms with Crippen LogP contribution in [0.3, 0.4) is 0 Å². The van der Waals surface area contributed by atoms with Crippen LogP contribution in [0.25, 0.3) is 0 Å². The van der Waals surface area contributed by atoms with Crippen LogP contribution < -0.4 is 11.1 Å². The van der Waals surface area contributed by atoms with Crippen molar-refractivity contribution in [2.75, 3.05) is 6.54 Å². The number of benzene rings is 1. The number of hydrogen-bond donors (Lipinski definition) is 4. The van der Waals surface area contributed by atoms with E-state index in [0.717, 1.165) is 11.4 Å². The fraction of sp³-hybridized carbons (Fsp3) is 0.214. The van der Waals surface area contributed by atoms with Gasteiger partial charge in [0.05, 0.1) is 6.42 Å². The number of aromatic amines is 1. The molecule has 0 aliphatic heterocycles. The summed E-state index contributed by atoms with van der Waals surface area (Å²) in [5, 5.41) is 14.3. The van der Waals surface area contributed by atoms with E-state index in [1.807, 2.05) is 0 Å². The van der Waals surface area contributed by atoms with E-state index < -0.39 is 0 Å². The molecule has 0 saturated heterocycles. The van der Waals surface area contributed by atoms with E-state index in [-0.39, 0.29) is 18.2 Å². The van der Waals surface area contributed by atoms with Crippen molar-refractivity contribution in [3.05, 3.63) is 53.6 Å². The van der Waals surface area contributed by atoms with E-state index >= 15 is 0 Å². The molecule has 2 aromatic rings. The number of nitrogens with zero attached hydrogens (tertiary/aromatic N) is 2. The molecule has 1 aromatic heterocycles. The predicted octanol–water partition coefficient (Wildman–Crippen LogP) is 0.406. The van der Waals surface area contributed by atoms with Gasteiger partial charge in [-0.3, -0.25) is 4.79 Å². The van der Waals surface area contributed by atoms with Crippen LogP contribution in [0.2, 0.25) is 0 Å². The number of hydrogen-bond acceptors (Lipinski definition) is 4. The Morgan fingerprint density at radius 3 is 2.76 bits per heavy atom. The quantitative estimate of drug-likeness (QED) is 0.266. The largest absolute Gasteiger partial charge is 0.409 e. The fourth-order valence-corrected chi connectivity index (χ4v) is 1.85. The third-order valence-electron chi connectivity index (χ3n) is 2.96. The number of carbonyl (C=O) groups excluding carboxylic acids is 1. The minimum Gasteiger partial charge on any atom is -0.409 e. The molecule has 0 spiro atoms. The first-order chi connectivity index (χ1) is 10.2. The second kappa shape index (κ2) is 7.09. The monoisotopic (exact) mass is 287 g/mol. The fourth-order valence-electron chi connectivity index (χ4n) is 1.85. The number of nitrogens with two attached hydrogens (primary N) is 1. The Kier molecular flexibility index (Phi) is 4.92. The van der Waals surface area contributed by atoms with E-state index in [1.54, 1.807) is 36.7 Å². The molecule has 0 radical (unpaired) electrons. The Morgan fingerprint density at radius 1 is 1.38 bits per heavy atom. The Labute approximate surface area is 121 Å². The molecule has 5 N–H and O–H groups in total. The second-order valence-corrected chi connectivity index (χ2v) is 4.49. The van der Waals surface area contributed by atoms with Crippen LogP contribution in [0.5, 0.6) is 0 Å². The molecule has 1 aromatic carbocycles. The van der Waals surface area contributed by atoms with Gasteiger partial charge in [-0.05, 0) is 5.56 Å². The number of imidazole rings is 1. The summed E-state index contributed by atoms with van der Waals surface area (Å²) in [5.74, 6) is 0.834. The maximum absolute atomic E-state index is 11.8. The Hall–Kier alpha value is -2.83. The van der Waals surface area contributed by atoms with Gasteiger partial charge >= 0.3 is 0 Å². The van der Waals surface area contributed by atoms with Crippen LogP contribution >= 0.6 is 0 Å². The second-order valence-electron chi connectivity index (χ2n) is 4.49. The van der Waals surface area contributed by atoms with Gasteiger partial charge in [0.15, 0.2) is 5.84 Å². The van der Waals surface area contributed by atoms with E-state index in [4.69, 9.17) is 10.9 Å². The van der Waals surface area contributed by atoms with Crippen LogP contribution in [-0.4, -0.2) is 33.5 Å². The maximum Gasteiger partial charge on any atom is 0.224 e. The number of amides is 1. The molecule has 21 heavy (non-hydrogen) atoms. The lowest BCUT2D eigenvalue weighted by molar-refractivity contribution is -0.120. The summed E-state index contributed by atoms with van der Waals surface area (Å²) in [7, 11) is 0. The van der Waals surface area contributed by atoms with Crippen molar-refractivity contribution in [2.24, 2.45) is 10.9 Å². The molecule has 0 aliphatic rings. The van der Waals surface area contributed by atoms with E-state index in [9.17, 15) is 4.79 Å². The standard InChI is InChI=1S/C14H17N5O2/c15-14(19-21)11-3-1-10(2-4-11)9-13(20)18-6-5-12-16-7-8-17-12/h1-4,7-8,21H,5-6,9H2,(H2,15,19)(H,16,17)(H,18,20). The number of carbonyl (C=O) groups is 1. The van der Waals surface area contributed by atoms with Crippen LogP contribution in [0.4, 0.5) is 0 Å². The van der Waals surface area contributed by atoms with Crippen molar-refractivity contribution in [3.63, 3.8) is 0 Å². The van der Waals surface area contributed by atoms with Gasteiger partial charge in [0, 0.05) is 30.9 Å². The number of rotatable bonds is 6. The van der Waals surface area contributed by atoms with Crippen molar-refractivity contribution in [1.82, 2.24) is 15.3 Å². The Bertz CT molecular complexity index is 605. The molecular formula is C14H17N5O2. The summed E-state index contributed by atoms with van der Waals surface area (Å²) in [6.45, 7) is 0.536. The molecule has 0 bridgehead atoms. The van der Waals surface area contributed by atoms with Gasteiger partial charge in [-0.15, -0.1) is 0 Å². The highest BCUT2D eigenvalue weighted by atomic mass is 16.4. The number of amidine groups is 1. The van der Waals surface area contributed by atoms with Gasteiger partial charge < -0.3 is 21.2 Å². The molecule has 110 valence electrons. The molecule has 1 amide bonds. The molecular weight excluding hydrogens is 270 g/mol. The van der Waals surface area contributed by atoms with Crippen LogP contribution in [0, 0.1) is 0 Å². The summed E-state index contributed by atoms with van der Waals surface area (Å²) >= 11 is 0. The van der Waals surface area contributed by atoms with E-state index in [2.05, 4.69) is 20.4 Å². The Morgan fingerprint density at radius 2 is 2.14 bits per heavy atom. The van der Waals surface area contributed by atoms with Gasteiger partial charge in [0.2, 0.25) is 5.91 Å². The van der Waals surface area contributed by atoms with Gasteiger partial charge in [0.1, 0.15) is 5.82 Å². The zero-order chi connectivity index (χ0) is 15.1. The lowest BCUT2D eigenvalue weighted by atomic mass is 10.1. The normalized spacial score (nSPS) is 11.3. The van der Waals surface area contributed by atoms with Crippen LogP contribution in [0.1, 0.15) is 17.0 Å². The van der Waals surface area contributed by atoms with Gasteiger partial charge in [-0.2, -0.15) is 0 Å². The lowest BCUT2D eigenvalue weighted by Gasteiger charge is -2.05. The first-order valence-corrected chi connectivity index (χ1v) is 6.51. The molecule has 0 atom stereocenters. The average Bonchev–Trinajstić information content (AvgIpc) is 3.00. The first kappa shape index (κ1) is 14.6. The van der Waals surface area contributed by atoms with Crippen LogP contribution in [-0.2, 0) is 17.6 Å². The van der Waals surface area contributed by atoms with Crippen molar-refractivity contribution >= 4 is 11.7 Å². The predicted molar refractivity (Wildman–Crippen MR) is 78.0 cm³/mol. The molecule has 1 heterocycles. The molecule has 7 nitrogen and oxygen atoms in total. The topological polar surface area (TPSA) is 116 Å². The minimum absolute atomic E-state index is 0.0458. The van der Waals surface area contributed by atoms with Crippen molar-refractivity contribution in [2.45, 2.75) is 12.8 Å². The highest BCUT2D eigenvalue weighted by molar-refractivity contribution is 5.97. The van der Waals surface area contributed by atoms with Crippen molar-refractivity contribution in [1.29, 1.82) is 0 Å². The molecule has 0 unspecified atom stereocenters. The van der Waals surface area contributed by atoms with Crippen molar-refractivity contribution in [3.8, 4) is 0 Å². The number of aromatic nitrogens is 2.